The number of nitrogens with zero attached hydrogens (tertiary/aromatic N) is 3. The lowest BCUT2D eigenvalue weighted by Gasteiger charge is -2.17. The molecule has 130 valence electrons. The molecule has 9 heteroatoms. The number of carbonyl (C=O) groups is 1. The highest BCUT2D eigenvalue weighted by molar-refractivity contribution is 7.10. The van der Waals surface area contributed by atoms with Crippen LogP contribution < -0.4 is 5.32 Å². The predicted molar refractivity (Wildman–Crippen MR) is 86.3 cm³/mol. The third kappa shape index (κ3) is 4.05. The van der Waals surface area contributed by atoms with Crippen molar-refractivity contribution in [2.24, 2.45) is 0 Å². The van der Waals surface area contributed by atoms with Gasteiger partial charge in [-0.15, -0.1) is 11.3 Å². The minimum atomic E-state index is -4.53. The van der Waals surface area contributed by atoms with E-state index in [1.807, 2.05) is 17.5 Å². The molecule has 1 N–H and O–H groups in total. The van der Waals surface area contributed by atoms with Crippen molar-refractivity contribution in [1.82, 2.24) is 20.1 Å². The Labute approximate surface area is 145 Å². The van der Waals surface area contributed by atoms with Crippen molar-refractivity contribution in [1.29, 1.82) is 0 Å². The van der Waals surface area contributed by atoms with Crippen molar-refractivity contribution in [3.63, 3.8) is 0 Å². The zero-order valence-electron chi connectivity index (χ0n) is 12.8. The van der Waals surface area contributed by atoms with Gasteiger partial charge in [-0.3, -0.25) is 14.5 Å². The Balaban J connectivity index is 1.70. The van der Waals surface area contributed by atoms with E-state index < -0.39 is 17.8 Å². The second-order valence-electron chi connectivity index (χ2n) is 5.16. The van der Waals surface area contributed by atoms with E-state index in [0.717, 1.165) is 23.2 Å². The highest BCUT2D eigenvalue weighted by atomic mass is 32.1. The normalized spacial score (nSPS) is 12.8. The molecule has 0 saturated carbocycles. The van der Waals surface area contributed by atoms with Crippen LogP contribution in [0.1, 0.15) is 27.0 Å². The smallest absolute Gasteiger partial charge is 0.349 e. The van der Waals surface area contributed by atoms with Crippen molar-refractivity contribution in [2.45, 2.75) is 12.2 Å². The first-order valence-corrected chi connectivity index (χ1v) is 8.17. The number of rotatable bonds is 5. The van der Waals surface area contributed by atoms with Crippen molar-refractivity contribution in [3.05, 3.63) is 70.4 Å². The summed E-state index contributed by atoms with van der Waals surface area (Å²) in [7, 11) is 0. The first kappa shape index (κ1) is 17.2. The number of aromatic nitrogens is 3. The molecule has 25 heavy (non-hydrogen) atoms. The average molecular weight is 366 g/mol. The molecule has 0 bridgehead atoms. The molecule has 3 aromatic rings. The monoisotopic (exact) mass is 366 g/mol. The summed E-state index contributed by atoms with van der Waals surface area (Å²) in [4.78, 5) is 16.5. The second-order valence-corrected chi connectivity index (χ2v) is 6.14. The van der Waals surface area contributed by atoms with E-state index in [0.29, 0.717) is 0 Å². The molecule has 3 rings (SSSR count). The van der Waals surface area contributed by atoms with E-state index in [2.05, 4.69) is 15.4 Å². The van der Waals surface area contributed by atoms with Gasteiger partial charge in [0.2, 0.25) is 0 Å². The van der Waals surface area contributed by atoms with Gasteiger partial charge in [-0.1, -0.05) is 6.07 Å². The standard InChI is InChI=1S/C16H13F3N4OS/c17-16(18,19)14-5-4-11(9-20-14)15(24)21-10-12(13-3-1-8-25-13)23-7-2-6-22-23/h1-9,12H,10H2,(H,21,24). The van der Waals surface area contributed by atoms with Gasteiger partial charge in [0, 0.05) is 30.0 Å². The van der Waals surface area contributed by atoms with Crippen molar-refractivity contribution < 1.29 is 18.0 Å². The maximum Gasteiger partial charge on any atom is 0.433 e. The van der Waals surface area contributed by atoms with Crippen LogP contribution in [0.5, 0.6) is 0 Å². The van der Waals surface area contributed by atoms with Crippen LogP contribution in [0.2, 0.25) is 0 Å². The zero-order chi connectivity index (χ0) is 17.9. The van der Waals surface area contributed by atoms with Crippen LogP contribution in [0.4, 0.5) is 13.2 Å². The SMILES string of the molecule is O=C(NCC(c1cccs1)n1cccn1)c1ccc(C(F)(F)F)nc1. The maximum absolute atomic E-state index is 12.5. The van der Waals surface area contributed by atoms with Crippen LogP contribution in [0.15, 0.2) is 54.3 Å². The number of nitrogens with one attached hydrogen (secondary N) is 1. The van der Waals surface area contributed by atoms with Gasteiger partial charge in [-0.2, -0.15) is 18.3 Å². The highest BCUT2D eigenvalue weighted by Crippen LogP contribution is 2.27. The molecule has 1 atom stereocenters. The van der Waals surface area contributed by atoms with Crippen LogP contribution >= 0.6 is 11.3 Å². The Bertz CT molecular complexity index is 780. The minimum Gasteiger partial charge on any atom is -0.349 e. The van der Waals surface area contributed by atoms with Crippen LogP contribution in [-0.4, -0.2) is 27.2 Å². The van der Waals surface area contributed by atoms with Gasteiger partial charge in [-0.05, 0) is 29.6 Å². The number of thiophene rings is 1. The first-order valence-electron chi connectivity index (χ1n) is 7.29. The number of carbonyl (C=O) groups excluding carboxylic acids is 1. The van der Waals surface area contributed by atoms with E-state index in [4.69, 9.17) is 0 Å². The average Bonchev–Trinajstić information content (AvgIpc) is 3.28. The zero-order valence-corrected chi connectivity index (χ0v) is 13.6. The van der Waals surface area contributed by atoms with Gasteiger partial charge in [0.05, 0.1) is 5.56 Å². The number of hydrogen-bond donors (Lipinski definition) is 1. The first-order chi connectivity index (χ1) is 11.9. The lowest BCUT2D eigenvalue weighted by molar-refractivity contribution is -0.141. The fraction of sp³-hybridized carbons (Fsp3) is 0.188. The van der Waals surface area contributed by atoms with Gasteiger partial charge in [0.1, 0.15) is 11.7 Å². The van der Waals surface area contributed by atoms with Crippen molar-refractivity contribution in [2.75, 3.05) is 6.54 Å². The Morgan fingerprint density at radius 2 is 2.12 bits per heavy atom. The fourth-order valence-electron chi connectivity index (χ4n) is 2.26. The van der Waals surface area contributed by atoms with Crippen LogP contribution in [0.25, 0.3) is 0 Å². The van der Waals surface area contributed by atoms with Crippen LogP contribution in [0, 0.1) is 0 Å². The van der Waals surface area contributed by atoms with Gasteiger partial charge in [0.25, 0.3) is 5.91 Å². The van der Waals surface area contributed by atoms with Gasteiger partial charge >= 0.3 is 6.18 Å². The lowest BCUT2D eigenvalue weighted by atomic mass is 10.2. The number of amides is 1. The number of hydrogen-bond acceptors (Lipinski definition) is 4. The lowest BCUT2D eigenvalue weighted by Crippen LogP contribution is -2.31. The molecular formula is C16H13F3N4OS. The molecule has 3 heterocycles. The summed E-state index contributed by atoms with van der Waals surface area (Å²) in [5.74, 6) is -0.491. The Morgan fingerprint density at radius 3 is 2.68 bits per heavy atom. The molecule has 0 saturated heterocycles. The largest absolute Gasteiger partial charge is 0.433 e. The van der Waals surface area contributed by atoms with Crippen LogP contribution in [0.3, 0.4) is 0 Å². The number of halogens is 3. The molecular weight excluding hydrogens is 353 g/mol. The van der Waals surface area contributed by atoms with Gasteiger partial charge in [0.15, 0.2) is 0 Å². The van der Waals surface area contributed by atoms with E-state index in [1.54, 1.807) is 23.1 Å². The summed E-state index contributed by atoms with van der Waals surface area (Å²) in [6, 6.07) is 7.32. The van der Waals surface area contributed by atoms with Gasteiger partial charge < -0.3 is 5.32 Å². The Hall–Kier alpha value is -2.68. The quantitative estimate of drug-likeness (QED) is 0.753. The molecule has 3 aromatic heterocycles. The van der Waals surface area contributed by atoms with Gasteiger partial charge in [-0.25, -0.2) is 0 Å². The third-order valence-corrected chi connectivity index (χ3v) is 4.46. The predicted octanol–water partition coefficient (Wildman–Crippen LogP) is 3.38. The molecule has 1 unspecified atom stereocenters. The summed E-state index contributed by atoms with van der Waals surface area (Å²) in [5.41, 5.74) is -0.963. The van der Waals surface area contributed by atoms with Crippen molar-refractivity contribution in [3.8, 4) is 0 Å². The van der Waals surface area contributed by atoms with Crippen LogP contribution in [-0.2, 0) is 6.18 Å². The topological polar surface area (TPSA) is 59.8 Å². The van der Waals surface area contributed by atoms with Crippen molar-refractivity contribution >= 4 is 17.2 Å². The summed E-state index contributed by atoms with van der Waals surface area (Å²) >= 11 is 1.53. The number of pyridine rings is 1. The molecule has 0 aliphatic rings. The molecule has 0 fully saturated rings. The fourth-order valence-corrected chi connectivity index (χ4v) is 3.08. The highest BCUT2D eigenvalue weighted by Gasteiger charge is 2.32. The molecule has 0 aromatic carbocycles. The molecule has 5 nitrogen and oxygen atoms in total. The minimum absolute atomic E-state index is 0.0680. The molecule has 0 spiro atoms. The molecule has 0 aliphatic carbocycles. The van der Waals surface area contributed by atoms with E-state index in [1.165, 1.54) is 11.3 Å². The molecule has 1 amide bonds. The summed E-state index contributed by atoms with van der Waals surface area (Å²) in [5, 5.41) is 8.84. The van der Waals surface area contributed by atoms with E-state index in [9.17, 15) is 18.0 Å². The Kier molecular flexibility index (Phi) is 4.84. The molecule has 0 aliphatic heterocycles. The summed E-state index contributed by atoms with van der Waals surface area (Å²) < 4.78 is 39.3. The maximum atomic E-state index is 12.5. The third-order valence-electron chi connectivity index (χ3n) is 3.49. The summed E-state index contributed by atoms with van der Waals surface area (Å²) in [6.07, 6.45) is -0.177. The summed E-state index contributed by atoms with van der Waals surface area (Å²) in [6.45, 7) is 0.252. The van der Waals surface area contributed by atoms with E-state index in [-0.39, 0.29) is 18.2 Å². The second kappa shape index (κ2) is 7.06. The number of alkyl halides is 3. The molecule has 0 radical (unpaired) electrons. The van der Waals surface area contributed by atoms with E-state index >= 15 is 0 Å². The Morgan fingerprint density at radius 1 is 1.28 bits per heavy atom.